The van der Waals surface area contributed by atoms with Crippen molar-refractivity contribution < 1.29 is 28.9 Å². The molecule has 5 atom stereocenters. The van der Waals surface area contributed by atoms with Gasteiger partial charge in [0.1, 0.15) is 30.0 Å². The number of ether oxygens (including phenoxy) is 2. The highest BCUT2D eigenvalue weighted by atomic mass is 35.5. The number of rotatable bonds is 8. The Labute approximate surface area is 207 Å². The Morgan fingerprint density at radius 2 is 2.11 bits per heavy atom. The zero-order valence-corrected chi connectivity index (χ0v) is 19.2. The first-order valence-electron chi connectivity index (χ1n) is 10.8. The van der Waals surface area contributed by atoms with Crippen LogP contribution in [0.4, 0.5) is 10.2 Å². The van der Waals surface area contributed by atoms with Crippen LogP contribution < -0.4 is 5.73 Å². The van der Waals surface area contributed by atoms with Gasteiger partial charge in [0.15, 0.2) is 23.9 Å². The topological polar surface area (TPSA) is 183 Å². The van der Waals surface area contributed by atoms with Gasteiger partial charge in [-0.15, -0.1) is 5.10 Å². The van der Waals surface area contributed by atoms with E-state index in [0.717, 1.165) is 0 Å². The summed E-state index contributed by atoms with van der Waals surface area (Å²) in [5.74, 6) is -1.33. The largest absolute Gasteiger partial charge is 0.479 e. The summed E-state index contributed by atoms with van der Waals surface area (Å²) in [5.41, 5.74) is 4.87. The number of anilines is 1. The lowest BCUT2D eigenvalue weighted by atomic mass is 9.89. The second-order valence-corrected chi connectivity index (χ2v) is 8.58. The van der Waals surface area contributed by atoms with Gasteiger partial charge in [-0.3, -0.25) is 4.57 Å². The molecule has 2 aliphatic heterocycles. The van der Waals surface area contributed by atoms with E-state index in [1.54, 1.807) is 30.3 Å². The molecule has 0 aliphatic carbocycles. The van der Waals surface area contributed by atoms with Crippen LogP contribution >= 0.6 is 11.6 Å². The van der Waals surface area contributed by atoms with Gasteiger partial charge in [-0.2, -0.15) is 15.1 Å². The van der Waals surface area contributed by atoms with Gasteiger partial charge >= 0.3 is 5.97 Å². The van der Waals surface area contributed by atoms with E-state index >= 15 is 4.39 Å². The second-order valence-electron chi connectivity index (χ2n) is 8.24. The number of hydrogen-bond acceptors (Lipinski definition) is 11. The van der Waals surface area contributed by atoms with E-state index in [4.69, 9.17) is 26.8 Å². The molecule has 0 radical (unpaired) electrons. The Hall–Kier alpha value is -3.59. The third-order valence-corrected chi connectivity index (χ3v) is 6.21. The van der Waals surface area contributed by atoms with Crippen LogP contribution in [-0.4, -0.2) is 78.5 Å². The van der Waals surface area contributed by atoms with Crippen molar-refractivity contribution in [2.75, 3.05) is 18.9 Å². The van der Waals surface area contributed by atoms with Crippen molar-refractivity contribution in [1.82, 2.24) is 19.5 Å². The summed E-state index contributed by atoms with van der Waals surface area (Å²) in [5, 5.41) is 31.7. The molecule has 3 aromatic rings. The SMILES string of the molecule is Nc1nc(Cl)nc2c1ncn2[C@@H]1O[C@H](COC(Cc2ccccc2)(C(=O)O)C2=NN=NC2)[C@@H](O)[C@@H]1F. The molecule has 0 amide bonds. The van der Waals surface area contributed by atoms with Crippen molar-refractivity contribution in [3.05, 3.63) is 47.5 Å². The molecule has 36 heavy (non-hydrogen) atoms. The zero-order chi connectivity index (χ0) is 25.4. The molecular weight excluding hydrogens is 499 g/mol. The minimum absolute atomic E-state index is 0.00194. The number of carboxylic acid groups (broad SMARTS) is 1. The summed E-state index contributed by atoms with van der Waals surface area (Å²) >= 11 is 5.88. The minimum Gasteiger partial charge on any atom is -0.479 e. The van der Waals surface area contributed by atoms with Crippen LogP contribution in [0.5, 0.6) is 0 Å². The number of aliphatic hydroxyl groups excluding tert-OH is 1. The Bertz CT molecular complexity index is 1350. The molecule has 4 heterocycles. The maximum atomic E-state index is 15.2. The molecule has 15 heteroatoms. The summed E-state index contributed by atoms with van der Waals surface area (Å²) in [6.45, 7) is -0.550. The molecule has 1 aromatic carbocycles. The maximum absolute atomic E-state index is 15.2. The molecule has 13 nitrogen and oxygen atoms in total. The van der Waals surface area contributed by atoms with Crippen LogP contribution in [0.2, 0.25) is 5.28 Å². The minimum atomic E-state index is -1.96. The first-order valence-corrected chi connectivity index (χ1v) is 11.2. The first kappa shape index (κ1) is 24.1. The van der Waals surface area contributed by atoms with Crippen LogP contribution in [0.3, 0.4) is 0 Å². The highest BCUT2D eigenvalue weighted by Crippen LogP contribution is 2.35. The summed E-state index contributed by atoms with van der Waals surface area (Å²) in [4.78, 5) is 24.4. The van der Waals surface area contributed by atoms with Gasteiger partial charge in [0.25, 0.3) is 0 Å². The number of benzene rings is 1. The van der Waals surface area contributed by atoms with E-state index in [2.05, 4.69) is 30.4 Å². The predicted molar refractivity (Wildman–Crippen MR) is 123 cm³/mol. The molecule has 1 unspecified atom stereocenters. The highest BCUT2D eigenvalue weighted by Gasteiger charge is 2.50. The summed E-state index contributed by atoms with van der Waals surface area (Å²) in [7, 11) is 0. The molecule has 4 N–H and O–H groups in total. The lowest BCUT2D eigenvalue weighted by Gasteiger charge is -2.30. The third-order valence-electron chi connectivity index (χ3n) is 6.04. The Balaban J connectivity index is 1.40. The van der Waals surface area contributed by atoms with Gasteiger partial charge in [-0.1, -0.05) is 30.3 Å². The monoisotopic (exact) mass is 518 g/mol. The van der Waals surface area contributed by atoms with Gasteiger partial charge in [0.05, 0.1) is 12.9 Å². The molecule has 188 valence electrons. The van der Waals surface area contributed by atoms with Crippen molar-refractivity contribution in [2.45, 2.75) is 36.6 Å². The van der Waals surface area contributed by atoms with Gasteiger partial charge in [0, 0.05) is 6.42 Å². The first-order chi connectivity index (χ1) is 17.3. The number of carboxylic acids is 1. The fourth-order valence-corrected chi connectivity index (χ4v) is 4.36. The number of aliphatic hydroxyl groups is 1. The Kier molecular flexibility index (Phi) is 6.34. The normalized spacial score (nSPS) is 25.2. The average molecular weight is 519 g/mol. The van der Waals surface area contributed by atoms with Crippen molar-refractivity contribution in [1.29, 1.82) is 0 Å². The number of imidazole rings is 1. The lowest BCUT2D eigenvalue weighted by Crippen LogP contribution is -2.53. The predicted octanol–water partition coefficient (Wildman–Crippen LogP) is 1.56. The summed E-state index contributed by atoms with van der Waals surface area (Å²) < 4.78 is 28.1. The number of nitrogens with zero attached hydrogens (tertiary/aromatic N) is 7. The zero-order valence-electron chi connectivity index (χ0n) is 18.5. The quantitative estimate of drug-likeness (QED) is 0.372. The van der Waals surface area contributed by atoms with Crippen LogP contribution in [0.15, 0.2) is 52.1 Å². The van der Waals surface area contributed by atoms with Crippen LogP contribution in [0, 0.1) is 0 Å². The fraction of sp³-hybridized carbons (Fsp3) is 0.381. The van der Waals surface area contributed by atoms with E-state index in [9.17, 15) is 15.0 Å². The molecular formula is C21H20ClFN8O5. The lowest BCUT2D eigenvalue weighted by molar-refractivity contribution is -0.162. The van der Waals surface area contributed by atoms with E-state index in [1.165, 1.54) is 10.9 Å². The van der Waals surface area contributed by atoms with E-state index in [1.807, 2.05) is 0 Å². The Morgan fingerprint density at radius 1 is 1.33 bits per heavy atom. The van der Waals surface area contributed by atoms with E-state index in [-0.39, 0.29) is 40.9 Å². The molecule has 1 fully saturated rings. The smallest absolute Gasteiger partial charge is 0.342 e. The van der Waals surface area contributed by atoms with Crippen molar-refractivity contribution >= 4 is 40.3 Å². The molecule has 0 bridgehead atoms. The fourth-order valence-electron chi connectivity index (χ4n) is 4.19. The standard InChI is InChI=1S/C21H20ClFN8O5/c22-20-27-16(24)14-17(28-20)31(9-25-14)18-13(23)15(32)11(36-18)8-35-21(19(33)34,12-7-26-30-29-12)6-10-4-2-1-3-5-10/h1-5,9,11,13,15,18,32H,6-8H2,(H,33,34)(H2,24,27,28)/t11-,13+,15-,18-,21?/m1/s1. The number of hydrogen-bond donors (Lipinski definition) is 3. The summed E-state index contributed by atoms with van der Waals surface area (Å²) in [6.07, 6.45) is -5.02. The number of carbonyl (C=O) groups is 1. The number of nitrogen functional groups attached to an aromatic ring is 1. The molecule has 1 saturated heterocycles. The third kappa shape index (κ3) is 4.17. The molecule has 0 saturated carbocycles. The van der Waals surface area contributed by atoms with Crippen molar-refractivity contribution in [2.24, 2.45) is 15.4 Å². The number of fused-ring (bicyclic) bond motifs is 1. The van der Waals surface area contributed by atoms with Crippen LogP contribution in [-0.2, 0) is 20.7 Å². The second kappa shape index (κ2) is 9.46. The highest BCUT2D eigenvalue weighted by molar-refractivity contribution is 6.28. The number of halogens is 2. The molecule has 2 aromatic heterocycles. The van der Waals surface area contributed by atoms with Crippen LogP contribution in [0.25, 0.3) is 11.2 Å². The number of alkyl halides is 1. The molecule has 2 aliphatic rings. The van der Waals surface area contributed by atoms with E-state index < -0.39 is 42.8 Å². The van der Waals surface area contributed by atoms with Gasteiger partial charge < -0.3 is 25.4 Å². The Morgan fingerprint density at radius 3 is 2.81 bits per heavy atom. The molecule has 5 rings (SSSR count). The van der Waals surface area contributed by atoms with Gasteiger partial charge in [-0.25, -0.2) is 14.2 Å². The van der Waals surface area contributed by atoms with Gasteiger partial charge in [-0.05, 0) is 22.4 Å². The number of nitrogens with two attached hydrogens (primary N) is 1. The maximum Gasteiger partial charge on any atom is 0.342 e. The molecule has 0 spiro atoms. The summed E-state index contributed by atoms with van der Waals surface area (Å²) in [6, 6.07) is 8.78. The average Bonchev–Trinajstić information content (AvgIpc) is 3.59. The van der Waals surface area contributed by atoms with Crippen molar-refractivity contribution in [3.63, 3.8) is 0 Å². The van der Waals surface area contributed by atoms with Gasteiger partial charge in [0.2, 0.25) is 10.9 Å². The van der Waals surface area contributed by atoms with Crippen molar-refractivity contribution in [3.8, 4) is 0 Å². The van der Waals surface area contributed by atoms with E-state index in [0.29, 0.717) is 5.56 Å². The number of aliphatic carboxylic acids is 1. The van der Waals surface area contributed by atoms with Crippen LogP contribution in [0.1, 0.15) is 11.8 Å². The number of aromatic nitrogens is 4.